The second-order valence-corrected chi connectivity index (χ2v) is 6.19. The normalized spacial score (nSPS) is 11.8. The Kier molecular flexibility index (Phi) is 4.05. The lowest BCUT2D eigenvalue weighted by Gasteiger charge is -2.10. The first kappa shape index (κ1) is 14.5. The summed E-state index contributed by atoms with van der Waals surface area (Å²) in [6, 6.07) is 3.08. The van der Waals surface area contributed by atoms with Crippen LogP contribution in [0.5, 0.6) is 0 Å². The number of aromatic nitrogens is 3. The molecule has 0 fully saturated rings. The van der Waals surface area contributed by atoms with Crippen LogP contribution in [-0.4, -0.2) is 28.1 Å². The molecule has 2 aromatic rings. The molecule has 0 saturated heterocycles. The summed E-state index contributed by atoms with van der Waals surface area (Å²) in [4.78, 5) is 7.70. The van der Waals surface area contributed by atoms with E-state index in [1.54, 1.807) is 10.6 Å². The number of hydrogen-bond donors (Lipinski definition) is 2. The Hall–Kier alpha value is -1.93. The molecule has 8 heteroatoms. The van der Waals surface area contributed by atoms with Crippen molar-refractivity contribution in [3.05, 3.63) is 36.4 Å². The predicted octanol–water partition coefficient (Wildman–Crippen LogP) is 1.15. The lowest BCUT2D eigenvalue weighted by molar-refractivity contribution is 0.268. The van der Waals surface area contributed by atoms with Crippen LogP contribution in [0.3, 0.4) is 0 Å². The lowest BCUT2D eigenvalue weighted by atomic mass is 10.3. The molecule has 0 aliphatic heterocycles. The third kappa shape index (κ3) is 2.97. The highest BCUT2D eigenvalue weighted by Crippen LogP contribution is 2.20. The van der Waals surface area contributed by atoms with Crippen LogP contribution >= 0.6 is 0 Å². The Labute approximate surface area is 117 Å². The summed E-state index contributed by atoms with van der Waals surface area (Å²) in [5.74, 6) is 0.00958. The smallest absolute Gasteiger partial charge is 0.265 e. The van der Waals surface area contributed by atoms with Crippen LogP contribution in [0.4, 0.5) is 5.95 Å². The maximum absolute atomic E-state index is 12.2. The number of aliphatic hydroxyl groups excluding tert-OH is 1. The first-order valence-electron chi connectivity index (χ1n) is 6.05. The first-order chi connectivity index (χ1) is 9.44. The summed E-state index contributed by atoms with van der Waals surface area (Å²) in [6.07, 6.45) is 4.38. The number of sulfonamides is 1. The molecule has 0 bridgehead atoms. The molecule has 2 heterocycles. The minimum absolute atomic E-state index is 0.00958. The molecule has 2 rings (SSSR count). The summed E-state index contributed by atoms with van der Waals surface area (Å²) in [5.41, 5.74) is 0.536. The van der Waals surface area contributed by atoms with Gasteiger partial charge in [-0.3, -0.25) is 0 Å². The van der Waals surface area contributed by atoms with Gasteiger partial charge < -0.3 is 9.67 Å². The van der Waals surface area contributed by atoms with E-state index in [1.807, 2.05) is 13.8 Å². The van der Waals surface area contributed by atoms with E-state index in [-0.39, 0.29) is 23.5 Å². The van der Waals surface area contributed by atoms with Crippen LogP contribution in [-0.2, 0) is 16.6 Å². The van der Waals surface area contributed by atoms with Crippen molar-refractivity contribution in [3.63, 3.8) is 0 Å². The minimum atomic E-state index is -3.77. The molecule has 2 aromatic heterocycles. The molecular weight excluding hydrogens is 280 g/mol. The fourth-order valence-corrected chi connectivity index (χ4v) is 2.79. The molecule has 0 radical (unpaired) electrons. The van der Waals surface area contributed by atoms with Crippen LogP contribution in [0.25, 0.3) is 0 Å². The molecule has 0 aliphatic rings. The molecule has 0 atom stereocenters. The molecule has 7 nitrogen and oxygen atoms in total. The second-order valence-electron chi connectivity index (χ2n) is 4.50. The fraction of sp³-hybridized carbons (Fsp3) is 0.333. The van der Waals surface area contributed by atoms with Crippen LogP contribution in [0.15, 0.2) is 35.6 Å². The maximum Gasteiger partial charge on any atom is 0.265 e. The van der Waals surface area contributed by atoms with E-state index < -0.39 is 10.0 Å². The van der Waals surface area contributed by atoms with Gasteiger partial charge in [0.15, 0.2) is 0 Å². The summed E-state index contributed by atoms with van der Waals surface area (Å²) in [6.45, 7) is 3.59. The maximum atomic E-state index is 12.2. The summed E-state index contributed by atoms with van der Waals surface area (Å²) in [5, 5.41) is 9.28. The highest BCUT2D eigenvalue weighted by Gasteiger charge is 2.20. The summed E-state index contributed by atoms with van der Waals surface area (Å²) < 4.78 is 28.4. The van der Waals surface area contributed by atoms with Crippen LogP contribution < -0.4 is 4.72 Å². The van der Waals surface area contributed by atoms with Gasteiger partial charge in [0.1, 0.15) is 4.90 Å². The standard InChI is InChI=1S/C12H16N4O3S/c1-9(2)16-7-11(6-10(16)8-17)20(18,19)15-12-13-4-3-5-14-12/h3-7,9,17H,8H2,1-2H3,(H,13,14,15). The topological polar surface area (TPSA) is 97.1 Å². The van der Waals surface area contributed by atoms with Crippen LogP contribution in [0, 0.1) is 0 Å². The first-order valence-corrected chi connectivity index (χ1v) is 7.54. The quantitative estimate of drug-likeness (QED) is 0.862. The molecule has 0 amide bonds. The zero-order valence-electron chi connectivity index (χ0n) is 11.2. The van der Waals surface area contributed by atoms with Crippen molar-refractivity contribution in [3.8, 4) is 0 Å². The highest BCUT2D eigenvalue weighted by molar-refractivity contribution is 7.92. The summed E-state index contributed by atoms with van der Waals surface area (Å²) >= 11 is 0. The zero-order chi connectivity index (χ0) is 14.8. The van der Waals surface area contributed by atoms with E-state index in [2.05, 4.69) is 14.7 Å². The van der Waals surface area contributed by atoms with Gasteiger partial charge in [-0.1, -0.05) is 0 Å². The van der Waals surface area contributed by atoms with Crippen molar-refractivity contribution < 1.29 is 13.5 Å². The molecule has 0 saturated carbocycles. The Balaban J connectivity index is 2.35. The van der Waals surface area contributed by atoms with E-state index in [0.29, 0.717) is 5.69 Å². The van der Waals surface area contributed by atoms with Crippen molar-refractivity contribution in [1.29, 1.82) is 0 Å². The number of hydrogen-bond acceptors (Lipinski definition) is 5. The molecule has 0 aromatic carbocycles. The third-order valence-corrected chi connectivity index (χ3v) is 4.02. The van der Waals surface area contributed by atoms with Crippen molar-refractivity contribution in [2.45, 2.75) is 31.4 Å². The van der Waals surface area contributed by atoms with Gasteiger partial charge in [0.25, 0.3) is 10.0 Å². The molecule has 0 unspecified atom stereocenters. The fourth-order valence-electron chi connectivity index (χ4n) is 1.78. The van der Waals surface area contributed by atoms with Gasteiger partial charge in [-0.2, -0.15) is 0 Å². The van der Waals surface area contributed by atoms with Crippen LogP contribution in [0.2, 0.25) is 0 Å². The van der Waals surface area contributed by atoms with Crippen molar-refractivity contribution in [2.24, 2.45) is 0 Å². The monoisotopic (exact) mass is 296 g/mol. The molecule has 20 heavy (non-hydrogen) atoms. The van der Waals surface area contributed by atoms with Crippen molar-refractivity contribution in [2.75, 3.05) is 4.72 Å². The second kappa shape index (κ2) is 5.59. The van der Waals surface area contributed by atoms with Gasteiger partial charge >= 0.3 is 0 Å². The zero-order valence-corrected chi connectivity index (χ0v) is 12.0. The lowest BCUT2D eigenvalue weighted by Crippen LogP contribution is -2.14. The largest absolute Gasteiger partial charge is 0.390 e. The Morgan fingerprint density at radius 1 is 1.35 bits per heavy atom. The Bertz CT molecular complexity index is 680. The van der Waals surface area contributed by atoms with E-state index in [0.717, 1.165) is 0 Å². The summed E-state index contributed by atoms with van der Waals surface area (Å²) in [7, 11) is -3.77. The number of nitrogens with one attached hydrogen (secondary N) is 1. The van der Waals surface area contributed by atoms with Gasteiger partial charge in [-0.25, -0.2) is 23.1 Å². The molecule has 108 valence electrons. The van der Waals surface area contributed by atoms with E-state index in [4.69, 9.17) is 0 Å². The van der Waals surface area contributed by atoms with Gasteiger partial charge in [0, 0.05) is 30.3 Å². The SMILES string of the molecule is CC(C)n1cc(S(=O)(=O)Nc2ncccn2)cc1CO. The number of anilines is 1. The molecule has 0 spiro atoms. The highest BCUT2D eigenvalue weighted by atomic mass is 32.2. The number of aliphatic hydroxyl groups is 1. The van der Waals surface area contributed by atoms with Crippen molar-refractivity contribution >= 4 is 16.0 Å². The van der Waals surface area contributed by atoms with E-state index >= 15 is 0 Å². The van der Waals surface area contributed by atoms with Gasteiger partial charge in [0.2, 0.25) is 5.95 Å². The number of nitrogens with zero attached hydrogens (tertiary/aromatic N) is 3. The van der Waals surface area contributed by atoms with Crippen LogP contribution in [0.1, 0.15) is 25.6 Å². The van der Waals surface area contributed by atoms with E-state index in [9.17, 15) is 13.5 Å². The van der Waals surface area contributed by atoms with Gasteiger partial charge in [-0.15, -0.1) is 0 Å². The minimum Gasteiger partial charge on any atom is -0.390 e. The molecule has 0 aliphatic carbocycles. The van der Waals surface area contributed by atoms with Gasteiger partial charge in [-0.05, 0) is 26.0 Å². The average molecular weight is 296 g/mol. The molecular formula is C12H16N4O3S. The van der Waals surface area contributed by atoms with Gasteiger partial charge in [0.05, 0.1) is 6.61 Å². The third-order valence-electron chi connectivity index (χ3n) is 2.73. The number of rotatable bonds is 5. The Morgan fingerprint density at radius 3 is 2.50 bits per heavy atom. The van der Waals surface area contributed by atoms with Crippen molar-refractivity contribution in [1.82, 2.24) is 14.5 Å². The molecule has 2 N–H and O–H groups in total. The van der Waals surface area contributed by atoms with E-state index in [1.165, 1.54) is 24.7 Å². The predicted molar refractivity (Wildman–Crippen MR) is 73.6 cm³/mol. The Morgan fingerprint density at radius 2 is 2.00 bits per heavy atom. The average Bonchev–Trinajstić information content (AvgIpc) is 2.84.